The maximum absolute atomic E-state index is 11.0. The number of methoxy groups -OCH3 is 1. The Labute approximate surface area is 144 Å². The van der Waals surface area contributed by atoms with E-state index >= 15 is 0 Å². The van der Waals surface area contributed by atoms with E-state index in [1.807, 2.05) is 24.3 Å². The van der Waals surface area contributed by atoms with E-state index in [1.54, 1.807) is 31.4 Å². The lowest BCUT2D eigenvalue weighted by Gasteiger charge is -2.10. The molecule has 1 heterocycles. The number of hydrogen-bond acceptors (Lipinski definition) is 6. The Kier molecular flexibility index (Phi) is 4.75. The molecule has 0 unspecified atom stereocenters. The Bertz CT molecular complexity index is 899. The Morgan fingerprint density at radius 1 is 0.960 bits per heavy atom. The van der Waals surface area contributed by atoms with Gasteiger partial charge in [0.25, 0.3) is 0 Å². The maximum atomic E-state index is 11.0. The van der Waals surface area contributed by atoms with E-state index in [-0.39, 0.29) is 5.56 Å². The summed E-state index contributed by atoms with van der Waals surface area (Å²) in [6.45, 7) is 0. The van der Waals surface area contributed by atoms with Gasteiger partial charge in [0.1, 0.15) is 23.7 Å². The molecule has 0 amide bonds. The molecule has 2 aromatic carbocycles. The van der Waals surface area contributed by atoms with Gasteiger partial charge in [-0.05, 0) is 30.3 Å². The quantitative estimate of drug-likeness (QED) is 0.632. The van der Waals surface area contributed by atoms with Crippen LogP contribution in [-0.4, -0.2) is 28.2 Å². The Morgan fingerprint density at radius 2 is 1.60 bits per heavy atom. The number of carboxylic acid groups (broad SMARTS) is 1. The molecule has 0 bridgehead atoms. The zero-order valence-electron chi connectivity index (χ0n) is 13.4. The van der Waals surface area contributed by atoms with Gasteiger partial charge in [0.15, 0.2) is 0 Å². The van der Waals surface area contributed by atoms with Crippen molar-refractivity contribution in [1.29, 1.82) is 0 Å². The fourth-order valence-electron chi connectivity index (χ4n) is 2.22. The summed E-state index contributed by atoms with van der Waals surface area (Å²) in [6.07, 6.45) is 1.42. The second-order valence-corrected chi connectivity index (χ2v) is 5.16. The fraction of sp³-hybridized carbons (Fsp3) is 0.0556. The molecule has 1 aromatic heterocycles. The van der Waals surface area contributed by atoms with Crippen LogP contribution in [0.3, 0.4) is 0 Å². The Morgan fingerprint density at radius 3 is 2.24 bits per heavy atom. The molecule has 0 radical (unpaired) electrons. The van der Waals surface area contributed by atoms with Crippen molar-refractivity contribution in [1.82, 2.24) is 9.97 Å². The van der Waals surface area contributed by atoms with Crippen LogP contribution in [0.1, 0.15) is 10.4 Å². The van der Waals surface area contributed by atoms with E-state index < -0.39 is 5.97 Å². The molecule has 7 heteroatoms. The van der Waals surface area contributed by atoms with Gasteiger partial charge < -0.3 is 20.5 Å². The minimum Gasteiger partial charge on any atom is -0.497 e. The molecule has 0 atom stereocenters. The fourth-order valence-corrected chi connectivity index (χ4v) is 2.22. The molecule has 0 saturated heterocycles. The molecule has 3 aromatic rings. The third kappa shape index (κ3) is 4.23. The highest BCUT2D eigenvalue weighted by molar-refractivity contribution is 5.89. The number of aromatic carboxylic acids is 1. The standard InChI is InChI=1S/C18H16N4O3/c1-25-15-7-3-6-14(9-15)22-17-10-16(19-11-20-17)21-13-5-2-4-12(8-13)18(23)24/h2-11H,1H3,(H,23,24)(H2,19,20,21,22). The van der Waals surface area contributed by atoms with E-state index in [0.717, 1.165) is 11.4 Å². The second kappa shape index (κ2) is 7.31. The largest absolute Gasteiger partial charge is 0.497 e. The minimum absolute atomic E-state index is 0.203. The SMILES string of the molecule is COc1cccc(Nc2cc(Nc3cccc(C(=O)O)c3)ncn2)c1. The second-order valence-electron chi connectivity index (χ2n) is 5.16. The van der Waals surface area contributed by atoms with Gasteiger partial charge in [-0.3, -0.25) is 0 Å². The smallest absolute Gasteiger partial charge is 0.335 e. The number of anilines is 4. The number of hydrogen-bond donors (Lipinski definition) is 3. The molecule has 0 saturated carbocycles. The number of nitrogens with one attached hydrogen (secondary N) is 2. The van der Waals surface area contributed by atoms with Crippen LogP contribution < -0.4 is 15.4 Å². The first-order chi connectivity index (χ1) is 12.1. The lowest BCUT2D eigenvalue weighted by Crippen LogP contribution is -2.00. The zero-order chi connectivity index (χ0) is 17.6. The lowest BCUT2D eigenvalue weighted by atomic mass is 10.2. The molecule has 126 valence electrons. The first-order valence-electron chi connectivity index (χ1n) is 7.47. The van der Waals surface area contributed by atoms with Crippen molar-refractivity contribution in [3.63, 3.8) is 0 Å². The molecule has 0 fully saturated rings. The summed E-state index contributed by atoms with van der Waals surface area (Å²) < 4.78 is 5.19. The third-order valence-electron chi connectivity index (χ3n) is 3.39. The van der Waals surface area contributed by atoms with E-state index in [9.17, 15) is 4.79 Å². The molecule has 0 spiro atoms. The number of rotatable bonds is 6. The van der Waals surface area contributed by atoms with Gasteiger partial charge >= 0.3 is 5.97 Å². The van der Waals surface area contributed by atoms with E-state index in [1.165, 1.54) is 12.4 Å². The highest BCUT2D eigenvalue weighted by Gasteiger charge is 2.05. The van der Waals surface area contributed by atoms with Crippen LogP contribution in [0.5, 0.6) is 5.75 Å². The summed E-state index contributed by atoms with van der Waals surface area (Å²) in [5, 5.41) is 15.3. The summed E-state index contributed by atoms with van der Waals surface area (Å²) in [7, 11) is 1.61. The van der Waals surface area contributed by atoms with Gasteiger partial charge in [0.05, 0.1) is 12.7 Å². The molecule has 3 N–H and O–H groups in total. The van der Waals surface area contributed by atoms with Crippen LogP contribution >= 0.6 is 0 Å². The predicted molar refractivity (Wildman–Crippen MR) is 95.0 cm³/mol. The Hall–Kier alpha value is -3.61. The lowest BCUT2D eigenvalue weighted by molar-refractivity contribution is 0.0697. The molecule has 0 aliphatic rings. The molecule has 0 aliphatic carbocycles. The highest BCUT2D eigenvalue weighted by atomic mass is 16.5. The number of carbonyl (C=O) groups is 1. The van der Waals surface area contributed by atoms with Gasteiger partial charge in [-0.25, -0.2) is 14.8 Å². The first kappa shape index (κ1) is 16.3. The van der Waals surface area contributed by atoms with Crippen molar-refractivity contribution in [2.24, 2.45) is 0 Å². The average molecular weight is 336 g/mol. The summed E-state index contributed by atoms with van der Waals surface area (Å²) >= 11 is 0. The van der Waals surface area contributed by atoms with E-state index in [4.69, 9.17) is 9.84 Å². The first-order valence-corrected chi connectivity index (χ1v) is 7.47. The zero-order valence-corrected chi connectivity index (χ0v) is 13.4. The number of carboxylic acids is 1. The molecule has 7 nitrogen and oxygen atoms in total. The summed E-state index contributed by atoms with van der Waals surface area (Å²) in [5.41, 5.74) is 1.66. The van der Waals surface area contributed by atoms with Gasteiger partial charge in [-0.2, -0.15) is 0 Å². The maximum Gasteiger partial charge on any atom is 0.335 e. The van der Waals surface area contributed by atoms with Crippen LogP contribution in [0.15, 0.2) is 60.9 Å². The number of aromatic nitrogens is 2. The van der Waals surface area contributed by atoms with Gasteiger partial charge in [0, 0.05) is 23.5 Å². The number of ether oxygens (including phenoxy) is 1. The van der Waals surface area contributed by atoms with E-state index in [0.29, 0.717) is 17.3 Å². The predicted octanol–water partition coefficient (Wildman–Crippen LogP) is 3.67. The van der Waals surface area contributed by atoms with Crippen molar-refractivity contribution in [3.05, 3.63) is 66.5 Å². The Balaban J connectivity index is 1.77. The minimum atomic E-state index is -0.980. The summed E-state index contributed by atoms with van der Waals surface area (Å²) in [5.74, 6) is 0.901. The average Bonchev–Trinajstić information content (AvgIpc) is 2.62. The van der Waals surface area contributed by atoms with Crippen molar-refractivity contribution < 1.29 is 14.6 Å². The highest BCUT2D eigenvalue weighted by Crippen LogP contribution is 2.22. The van der Waals surface area contributed by atoms with Crippen LogP contribution in [0, 0.1) is 0 Å². The summed E-state index contributed by atoms with van der Waals surface area (Å²) in [6, 6.07) is 15.7. The van der Waals surface area contributed by atoms with Crippen LogP contribution in [0.25, 0.3) is 0 Å². The summed E-state index contributed by atoms with van der Waals surface area (Å²) in [4.78, 5) is 19.4. The van der Waals surface area contributed by atoms with Crippen LogP contribution in [0.2, 0.25) is 0 Å². The van der Waals surface area contributed by atoms with Gasteiger partial charge in [-0.15, -0.1) is 0 Å². The van der Waals surface area contributed by atoms with Crippen molar-refractivity contribution in [2.75, 3.05) is 17.7 Å². The van der Waals surface area contributed by atoms with E-state index in [2.05, 4.69) is 20.6 Å². The molecular formula is C18H16N4O3. The van der Waals surface area contributed by atoms with Gasteiger partial charge in [-0.1, -0.05) is 12.1 Å². The monoisotopic (exact) mass is 336 g/mol. The van der Waals surface area contributed by atoms with Crippen LogP contribution in [0.4, 0.5) is 23.0 Å². The van der Waals surface area contributed by atoms with Crippen molar-refractivity contribution in [2.45, 2.75) is 0 Å². The van der Waals surface area contributed by atoms with Crippen LogP contribution in [-0.2, 0) is 0 Å². The number of benzene rings is 2. The molecule has 25 heavy (non-hydrogen) atoms. The van der Waals surface area contributed by atoms with Crippen molar-refractivity contribution >= 4 is 29.0 Å². The molecular weight excluding hydrogens is 320 g/mol. The normalized spacial score (nSPS) is 10.1. The third-order valence-corrected chi connectivity index (χ3v) is 3.39. The van der Waals surface area contributed by atoms with Gasteiger partial charge in [0.2, 0.25) is 0 Å². The van der Waals surface area contributed by atoms with Crippen molar-refractivity contribution in [3.8, 4) is 5.75 Å². The molecule has 3 rings (SSSR count). The topological polar surface area (TPSA) is 96.4 Å². The molecule has 0 aliphatic heterocycles. The number of nitrogens with zero attached hydrogens (tertiary/aromatic N) is 2.